The first kappa shape index (κ1) is 23.3. The van der Waals surface area contributed by atoms with Crippen molar-refractivity contribution in [1.29, 1.82) is 0 Å². The molecule has 170 valence electrons. The van der Waals surface area contributed by atoms with E-state index in [0.717, 1.165) is 12.1 Å². The average Bonchev–Trinajstić information content (AvgIpc) is 3.16. The number of fused-ring (bicyclic) bond motifs is 1. The van der Waals surface area contributed by atoms with Gasteiger partial charge in [0.1, 0.15) is 5.82 Å². The van der Waals surface area contributed by atoms with Crippen LogP contribution in [0.5, 0.6) is 5.88 Å². The first-order chi connectivity index (χ1) is 15.1. The van der Waals surface area contributed by atoms with Gasteiger partial charge in [0.2, 0.25) is 0 Å². The Bertz CT molecular complexity index is 1160. The standard InChI is InChI=1S/C23H21F4NO4/c1-13-8-14(11-19-21(13)32-28-22(19)31-3)18(6-4-5-7-20(29)30-2)15-9-16(23(25,26)27)12-17(24)10-15/h6,8-12H,4-5,7H2,1-3H3/b18-6+. The van der Waals surface area contributed by atoms with Gasteiger partial charge in [0.25, 0.3) is 5.88 Å². The molecule has 0 saturated carbocycles. The second kappa shape index (κ2) is 9.42. The summed E-state index contributed by atoms with van der Waals surface area (Å²) in [4.78, 5) is 11.4. The lowest BCUT2D eigenvalue weighted by Crippen LogP contribution is -2.06. The average molecular weight is 451 g/mol. The molecule has 1 aromatic heterocycles. The van der Waals surface area contributed by atoms with Gasteiger partial charge in [-0.3, -0.25) is 4.79 Å². The zero-order valence-electron chi connectivity index (χ0n) is 17.7. The summed E-state index contributed by atoms with van der Waals surface area (Å²) in [5.74, 6) is -1.17. The number of halogens is 4. The Morgan fingerprint density at radius 2 is 1.84 bits per heavy atom. The van der Waals surface area contributed by atoms with Gasteiger partial charge in [-0.25, -0.2) is 4.39 Å². The van der Waals surface area contributed by atoms with E-state index in [4.69, 9.17) is 9.26 Å². The number of ether oxygens (including phenoxy) is 2. The number of esters is 1. The van der Waals surface area contributed by atoms with Crippen LogP contribution in [-0.4, -0.2) is 25.3 Å². The number of allylic oxidation sites excluding steroid dienone is 1. The van der Waals surface area contributed by atoms with E-state index in [2.05, 4.69) is 9.89 Å². The van der Waals surface area contributed by atoms with Crippen molar-refractivity contribution in [2.24, 2.45) is 0 Å². The van der Waals surface area contributed by atoms with Crippen molar-refractivity contribution in [3.8, 4) is 5.88 Å². The van der Waals surface area contributed by atoms with Gasteiger partial charge in [-0.15, -0.1) is 0 Å². The minimum Gasteiger partial charge on any atom is -0.478 e. The summed E-state index contributed by atoms with van der Waals surface area (Å²) in [6, 6.07) is 5.79. The summed E-state index contributed by atoms with van der Waals surface area (Å²) in [5.41, 5.74) is 1.05. The van der Waals surface area contributed by atoms with Crippen molar-refractivity contribution in [3.63, 3.8) is 0 Å². The monoisotopic (exact) mass is 451 g/mol. The molecule has 5 nitrogen and oxygen atoms in total. The molecule has 2 aromatic carbocycles. The molecule has 3 rings (SSSR count). The maximum Gasteiger partial charge on any atom is 0.416 e. The molecular formula is C23H21F4NO4. The topological polar surface area (TPSA) is 61.6 Å². The maximum atomic E-state index is 14.1. The van der Waals surface area contributed by atoms with E-state index in [1.165, 1.54) is 14.2 Å². The molecule has 0 aliphatic rings. The van der Waals surface area contributed by atoms with E-state index < -0.39 is 23.5 Å². The Morgan fingerprint density at radius 1 is 1.12 bits per heavy atom. The fourth-order valence-corrected chi connectivity index (χ4v) is 3.40. The zero-order valence-corrected chi connectivity index (χ0v) is 17.7. The van der Waals surface area contributed by atoms with Crippen molar-refractivity contribution in [3.05, 3.63) is 64.5 Å². The summed E-state index contributed by atoms with van der Waals surface area (Å²) in [6.45, 7) is 1.76. The van der Waals surface area contributed by atoms with Crippen LogP contribution in [0.4, 0.5) is 17.6 Å². The highest BCUT2D eigenvalue weighted by Gasteiger charge is 2.31. The number of unbranched alkanes of at least 4 members (excludes halogenated alkanes) is 1. The van der Waals surface area contributed by atoms with Gasteiger partial charge in [0.15, 0.2) is 5.58 Å². The van der Waals surface area contributed by atoms with Crippen LogP contribution in [0.3, 0.4) is 0 Å². The van der Waals surface area contributed by atoms with Crippen molar-refractivity contribution in [2.45, 2.75) is 32.4 Å². The van der Waals surface area contributed by atoms with Crippen LogP contribution in [-0.2, 0) is 15.7 Å². The lowest BCUT2D eigenvalue weighted by atomic mass is 9.92. The molecule has 0 aliphatic carbocycles. The van der Waals surface area contributed by atoms with Crippen LogP contribution in [0.2, 0.25) is 0 Å². The van der Waals surface area contributed by atoms with Gasteiger partial charge >= 0.3 is 12.1 Å². The van der Waals surface area contributed by atoms with Crippen LogP contribution < -0.4 is 4.74 Å². The van der Waals surface area contributed by atoms with Crippen LogP contribution in [0.25, 0.3) is 16.5 Å². The number of benzene rings is 2. The van der Waals surface area contributed by atoms with Crippen LogP contribution >= 0.6 is 0 Å². The normalized spacial score (nSPS) is 12.3. The van der Waals surface area contributed by atoms with Crippen molar-refractivity contribution >= 4 is 22.5 Å². The van der Waals surface area contributed by atoms with Gasteiger partial charge in [0.05, 0.1) is 25.2 Å². The number of hydrogen-bond acceptors (Lipinski definition) is 5. The third-order valence-electron chi connectivity index (χ3n) is 4.93. The molecule has 0 saturated heterocycles. The number of aromatic nitrogens is 1. The predicted molar refractivity (Wildman–Crippen MR) is 110 cm³/mol. The Kier molecular flexibility index (Phi) is 6.86. The van der Waals surface area contributed by atoms with Gasteiger partial charge in [-0.1, -0.05) is 6.08 Å². The number of nitrogens with zero attached hydrogens (tertiary/aromatic N) is 1. The molecular weight excluding hydrogens is 430 g/mol. The molecule has 0 unspecified atom stereocenters. The van der Waals surface area contributed by atoms with E-state index in [9.17, 15) is 22.4 Å². The fourth-order valence-electron chi connectivity index (χ4n) is 3.40. The molecule has 0 bridgehead atoms. The van der Waals surface area contributed by atoms with Crippen LogP contribution in [0.1, 0.15) is 41.5 Å². The van der Waals surface area contributed by atoms with E-state index in [1.54, 1.807) is 25.1 Å². The Labute approximate surface area is 181 Å². The smallest absolute Gasteiger partial charge is 0.416 e. The molecule has 9 heteroatoms. The van der Waals surface area contributed by atoms with Gasteiger partial charge in [-0.2, -0.15) is 13.2 Å². The van der Waals surface area contributed by atoms with E-state index in [-0.39, 0.29) is 17.9 Å². The lowest BCUT2D eigenvalue weighted by molar-refractivity contribution is -0.140. The van der Waals surface area contributed by atoms with E-state index >= 15 is 0 Å². The lowest BCUT2D eigenvalue weighted by Gasteiger charge is -2.14. The van der Waals surface area contributed by atoms with Crippen molar-refractivity contribution < 1.29 is 36.4 Å². The van der Waals surface area contributed by atoms with E-state index in [1.807, 2.05) is 0 Å². The second-order valence-electron chi connectivity index (χ2n) is 7.17. The number of hydrogen-bond donors (Lipinski definition) is 0. The van der Waals surface area contributed by atoms with Gasteiger partial charge in [-0.05, 0) is 77.5 Å². The SMILES string of the molecule is COC(=O)CCC/C=C(/c1cc(F)cc(C(F)(F)F)c1)c1cc(C)c2onc(OC)c2c1. The number of aryl methyl sites for hydroxylation is 1. The minimum absolute atomic E-state index is 0.0598. The highest BCUT2D eigenvalue weighted by Crippen LogP contribution is 2.36. The molecule has 32 heavy (non-hydrogen) atoms. The quantitative estimate of drug-likeness (QED) is 0.248. The fraction of sp³-hybridized carbons (Fsp3) is 0.304. The largest absolute Gasteiger partial charge is 0.478 e. The Morgan fingerprint density at radius 3 is 2.50 bits per heavy atom. The molecule has 0 spiro atoms. The van der Waals surface area contributed by atoms with Crippen molar-refractivity contribution in [2.75, 3.05) is 14.2 Å². The predicted octanol–water partition coefficient (Wildman–Crippen LogP) is 6.08. The molecule has 0 atom stereocenters. The van der Waals surface area contributed by atoms with Gasteiger partial charge < -0.3 is 14.0 Å². The first-order valence-electron chi connectivity index (χ1n) is 9.73. The third kappa shape index (κ3) is 5.09. The maximum absolute atomic E-state index is 14.1. The number of carbonyl (C=O) groups excluding carboxylic acids is 1. The summed E-state index contributed by atoms with van der Waals surface area (Å²) in [5, 5.41) is 4.37. The summed E-state index contributed by atoms with van der Waals surface area (Å²) < 4.78 is 69.1. The highest BCUT2D eigenvalue weighted by atomic mass is 19.4. The summed E-state index contributed by atoms with van der Waals surface area (Å²) in [6.07, 6.45) is -2.10. The molecule has 0 radical (unpaired) electrons. The first-order valence-corrected chi connectivity index (χ1v) is 9.73. The van der Waals surface area contributed by atoms with Crippen LogP contribution in [0.15, 0.2) is 40.9 Å². The van der Waals surface area contributed by atoms with Crippen LogP contribution in [0, 0.1) is 12.7 Å². The zero-order chi connectivity index (χ0) is 23.5. The Hall–Kier alpha value is -3.36. The number of carbonyl (C=O) groups is 1. The van der Waals surface area contributed by atoms with E-state index in [0.29, 0.717) is 46.6 Å². The molecule has 1 heterocycles. The molecule has 0 fully saturated rings. The molecule has 0 aliphatic heterocycles. The third-order valence-corrected chi connectivity index (χ3v) is 4.93. The number of alkyl halides is 3. The molecule has 0 N–H and O–H groups in total. The molecule has 3 aromatic rings. The minimum atomic E-state index is -4.70. The van der Waals surface area contributed by atoms with Crippen molar-refractivity contribution in [1.82, 2.24) is 5.16 Å². The Balaban J connectivity index is 2.13. The highest BCUT2D eigenvalue weighted by molar-refractivity contribution is 5.91. The number of methoxy groups -OCH3 is 2. The van der Waals surface area contributed by atoms with Gasteiger partial charge in [0, 0.05) is 6.42 Å². The summed E-state index contributed by atoms with van der Waals surface area (Å²) >= 11 is 0. The summed E-state index contributed by atoms with van der Waals surface area (Å²) in [7, 11) is 2.70. The number of rotatable bonds is 7. The molecule has 0 amide bonds. The second-order valence-corrected chi connectivity index (χ2v) is 7.17.